The molecule has 9 heteroatoms. The predicted molar refractivity (Wildman–Crippen MR) is 366 cm³/mol. The third-order valence-corrected chi connectivity index (χ3v) is 19.2. The summed E-state index contributed by atoms with van der Waals surface area (Å²) >= 11 is 1.88. The van der Waals surface area contributed by atoms with Crippen LogP contribution in [0.4, 0.5) is 68.2 Å². The van der Waals surface area contributed by atoms with Gasteiger partial charge < -0.3 is 28.9 Å². The van der Waals surface area contributed by atoms with Crippen molar-refractivity contribution < 1.29 is 4.74 Å². The number of aromatic nitrogens is 1. The van der Waals surface area contributed by atoms with Crippen molar-refractivity contribution in [3.05, 3.63) is 309 Å². The van der Waals surface area contributed by atoms with E-state index in [1.165, 1.54) is 42.4 Å². The van der Waals surface area contributed by atoms with Crippen LogP contribution in [0.1, 0.15) is 0 Å². The molecule has 4 aliphatic heterocycles. The van der Waals surface area contributed by atoms with Gasteiger partial charge in [-0.25, -0.2) is 0 Å². The van der Waals surface area contributed by atoms with Crippen molar-refractivity contribution in [2.45, 2.75) is 9.79 Å². The summed E-state index contributed by atoms with van der Waals surface area (Å²) < 4.78 is 10.7. The Hall–Kier alpha value is -10.9. The van der Waals surface area contributed by atoms with Crippen molar-refractivity contribution in [3.8, 4) is 17.2 Å². The van der Waals surface area contributed by atoms with Crippen LogP contribution in [0.5, 0.6) is 11.5 Å². The van der Waals surface area contributed by atoms with Gasteiger partial charge in [-0.2, -0.15) is 0 Å². The van der Waals surface area contributed by atoms with E-state index in [0.717, 1.165) is 107 Å². The topological polar surface area (TPSA) is 27.1 Å². The Morgan fingerprint density at radius 3 is 1.22 bits per heavy atom. The summed E-state index contributed by atoms with van der Waals surface area (Å²) in [5.74, 6) is 1.68. The monoisotopic (exact) mass is 1130 g/mol. The van der Waals surface area contributed by atoms with E-state index in [0.29, 0.717) is 0 Å². The van der Waals surface area contributed by atoms with Crippen LogP contribution in [-0.2, 0) is 0 Å². The lowest BCUT2D eigenvalue weighted by Crippen LogP contribution is -2.63. The van der Waals surface area contributed by atoms with Gasteiger partial charge in [0.15, 0.2) is 0 Å². The highest BCUT2D eigenvalue weighted by atomic mass is 32.2. The number of anilines is 12. The highest BCUT2D eigenvalue weighted by molar-refractivity contribution is 8.00. The van der Waals surface area contributed by atoms with Crippen molar-refractivity contribution >= 4 is 148 Å². The van der Waals surface area contributed by atoms with Gasteiger partial charge in [0.2, 0.25) is 6.71 Å². The molecule has 0 bridgehead atoms. The summed E-state index contributed by atoms with van der Waals surface area (Å²) in [6.07, 6.45) is 0. The second kappa shape index (κ2) is 19.9. The van der Waals surface area contributed by atoms with E-state index in [9.17, 15) is 0 Å². The van der Waals surface area contributed by atoms with Gasteiger partial charge in [-0.3, -0.25) is 0 Å². The molecule has 13 aromatic carbocycles. The number of para-hydroxylation sites is 10. The number of nitrogens with zero attached hydrogens (tertiary/aromatic N) is 5. The average Bonchev–Trinajstić information content (AvgIpc) is 1.39. The zero-order valence-corrected chi connectivity index (χ0v) is 48.0. The second-order valence-corrected chi connectivity index (χ2v) is 23.8. The first-order chi connectivity index (χ1) is 43.2. The van der Waals surface area contributed by atoms with Gasteiger partial charge in [-0.15, -0.1) is 0 Å². The molecule has 14 aromatic rings. The summed E-state index contributed by atoms with van der Waals surface area (Å²) in [6, 6.07) is 113. The fourth-order valence-electron chi connectivity index (χ4n) is 14.5. The number of ether oxygens (including phenoxy) is 1. The lowest BCUT2D eigenvalue weighted by molar-refractivity contribution is 0.484. The van der Waals surface area contributed by atoms with E-state index in [1.54, 1.807) is 0 Å². The highest BCUT2D eigenvalue weighted by Gasteiger charge is 2.48. The van der Waals surface area contributed by atoms with E-state index in [1.807, 2.05) is 11.8 Å². The molecule has 0 atom stereocenters. The average molecular weight is 1130 g/mol. The Bertz CT molecular complexity index is 4640. The fraction of sp³-hybridized carbons (Fsp3) is 0. The molecule has 0 aliphatic carbocycles. The molecule has 0 fully saturated rings. The van der Waals surface area contributed by atoms with Gasteiger partial charge in [0, 0.05) is 89.2 Å². The van der Waals surface area contributed by atoms with Gasteiger partial charge in [0.05, 0.1) is 16.7 Å². The van der Waals surface area contributed by atoms with Gasteiger partial charge in [0.25, 0.3) is 6.71 Å². The largest absolute Gasteiger partial charge is 0.456 e. The quantitative estimate of drug-likeness (QED) is 0.134. The van der Waals surface area contributed by atoms with Crippen LogP contribution in [0.3, 0.4) is 0 Å². The molecule has 1 aromatic heterocycles. The Labute approximate surface area is 510 Å². The third kappa shape index (κ3) is 7.66. The SMILES string of the molecule is c1ccc(N(c2ccccc2)c2cc3c4c(c2)N(c2ccccc2)c2ccccc2B4c2cc4c(c(-n5c6ccccc6c6ccccc65)c2O3)Sc2cc(N(c3ccccc3)c3ccccc3)cc3c2B4c2ccccc2N3c2ccccc2)cc1. The molecule has 5 heterocycles. The third-order valence-electron chi connectivity index (χ3n) is 18.0. The molecule has 6 nitrogen and oxygen atoms in total. The Morgan fingerprint density at radius 1 is 0.322 bits per heavy atom. The molecule has 0 unspecified atom stereocenters. The van der Waals surface area contributed by atoms with Crippen molar-refractivity contribution in [2.75, 3.05) is 19.6 Å². The molecule has 0 saturated carbocycles. The minimum absolute atomic E-state index is 0.163. The highest BCUT2D eigenvalue weighted by Crippen LogP contribution is 2.52. The number of benzene rings is 13. The summed E-state index contributed by atoms with van der Waals surface area (Å²) in [5, 5.41) is 2.38. The molecule has 4 aliphatic rings. The van der Waals surface area contributed by atoms with Gasteiger partial charge in [-0.1, -0.05) is 205 Å². The lowest BCUT2D eigenvalue weighted by Gasteiger charge is -2.44. The van der Waals surface area contributed by atoms with Gasteiger partial charge >= 0.3 is 0 Å². The Morgan fingerprint density at radius 2 is 0.724 bits per heavy atom. The van der Waals surface area contributed by atoms with Crippen LogP contribution in [-0.4, -0.2) is 18.0 Å². The molecule has 0 saturated heterocycles. The van der Waals surface area contributed by atoms with E-state index in [-0.39, 0.29) is 13.4 Å². The minimum Gasteiger partial charge on any atom is -0.456 e. The van der Waals surface area contributed by atoms with Crippen LogP contribution in [0.15, 0.2) is 319 Å². The Balaban J connectivity index is 0.969. The molecule has 0 N–H and O–H groups in total. The summed E-state index contributed by atoms with van der Waals surface area (Å²) in [7, 11) is 0. The molecule has 0 amide bonds. The summed E-state index contributed by atoms with van der Waals surface area (Å²) in [6.45, 7) is -0.384. The van der Waals surface area contributed by atoms with E-state index in [4.69, 9.17) is 4.74 Å². The number of hydrogen-bond donors (Lipinski definition) is 0. The van der Waals surface area contributed by atoms with Crippen molar-refractivity contribution in [3.63, 3.8) is 0 Å². The van der Waals surface area contributed by atoms with E-state index in [2.05, 4.69) is 334 Å². The molecular formula is C78H51B2N5OS. The fourth-order valence-corrected chi connectivity index (χ4v) is 15.8. The number of fused-ring (bicyclic) bond motifs is 11. The maximum Gasteiger partial charge on any atom is 0.256 e. The van der Waals surface area contributed by atoms with E-state index >= 15 is 0 Å². The first kappa shape index (κ1) is 49.6. The smallest absolute Gasteiger partial charge is 0.256 e. The van der Waals surface area contributed by atoms with Crippen LogP contribution in [0, 0.1) is 0 Å². The zero-order chi connectivity index (χ0) is 57.1. The lowest BCUT2D eigenvalue weighted by atomic mass is 9.31. The van der Waals surface area contributed by atoms with E-state index < -0.39 is 0 Å². The number of rotatable bonds is 9. The molecule has 0 spiro atoms. The molecular weight excluding hydrogens is 1080 g/mol. The zero-order valence-electron chi connectivity index (χ0n) is 47.2. The van der Waals surface area contributed by atoms with Crippen molar-refractivity contribution in [1.82, 2.24) is 4.57 Å². The normalized spacial score (nSPS) is 13.0. The first-order valence-corrected chi connectivity index (χ1v) is 30.6. The summed E-state index contributed by atoms with van der Waals surface area (Å²) in [5.41, 5.74) is 23.6. The van der Waals surface area contributed by atoms with Crippen LogP contribution in [0.2, 0.25) is 0 Å². The molecule has 0 radical (unpaired) electrons. The maximum atomic E-state index is 8.12. The Kier molecular flexibility index (Phi) is 11.3. The minimum atomic E-state index is -0.221. The maximum absolute atomic E-state index is 8.12. The van der Waals surface area contributed by atoms with Gasteiger partial charge in [-0.05, 0) is 143 Å². The first-order valence-electron chi connectivity index (χ1n) is 29.8. The van der Waals surface area contributed by atoms with Crippen LogP contribution < -0.4 is 57.1 Å². The molecule has 406 valence electrons. The van der Waals surface area contributed by atoms with Crippen molar-refractivity contribution in [2.24, 2.45) is 0 Å². The summed E-state index contributed by atoms with van der Waals surface area (Å²) in [4.78, 5) is 12.1. The molecule has 87 heavy (non-hydrogen) atoms. The number of hydrogen-bond acceptors (Lipinski definition) is 6. The standard InChI is InChI=1S/C78H51B2N5OS/c1-7-27-52(28-8-1)81(53-29-9-2-10-30-53)58-47-70-74-72(49-58)86-77-64(79(74)62-41-21-25-45-68(62)83(70)56-35-15-5-16-36-56)51-65-78(76(77)85-66-43-23-19-39-60(66)61-40-20-24-44-67(61)85)87-73-50-59(82(54-31-11-3-12-32-54)55-33-13-4-14-34-55)48-71-75(73)80(65)63-42-22-26-46-69(63)84(71)57-37-17-6-18-38-57/h1-51H. The second-order valence-electron chi connectivity index (χ2n) is 22.7. The molecule has 18 rings (SSSR count). The van der Waals surface area contributed by atoms with Crippen LogP contribution in [0.25, 0.3) is 27.5 Å². The van der Waals surface area contributed by atoms with Crippen molar-refractivity contribution in [1.29, 1.82) is 0 Å². The van der Waals surface area contributed by atoms with Gasteiger partial charge in [0.1, 0.15) is 17.2 Å². The van der Waals surface area contributed by atoms with Crippen LogP contribution >= 0.6 is 11.8 Å². The predicted octanol–water partition coefficient (Wildman–Crippen LogP) is 16.9.